The van der Waals surface area contributed by atoms with Crippen molar-refractivity contribution in [2.45, 2.75) is 4.90 Å². The van der Waals surface area contributed by atoms with Crippen LogP contribution in [0.15, 0.2) is 57.6 Å². The monoisotopic (exact) mass is 496 g/mol. The van der Waals surface area contributed by atoms with Crippen LogP contribution in [0.5, 0.6) is 5.75 Å². The summed E-state index contributed by atoms with van der Waals surface area (Å²) in [5.74, 6) is 0.00366. The summed E-state index contributed by atoms with van der Waals surface area (Å²) in [7, 11) is -4.45. The molecule has 2 N–H and O–H groups in total. The van der Waals surface area contributed by atoms with Gasteiger partial charge in [0.1, 0.15) is 10.1 Å². The van der Waals surface area contributed by atoms with Gasteiger partial charge in [-0.15, -0.1) is 24.3 Å². The Morgan fingerprint density at radius 3 is 2.05 bits per heavy atom. The zero-order valence-electron chi connectivity index (χ0n) is 11.7. The SMILES string of the molecule is O=S(=O)([O-])c1ccc(N=Nc2c[c-]c(O)cc2)cc1.[H+].[Hg+2].[OH-]. The second kappa shape index (κ2) is 8.18. The smallest absolute Gasteiger partial charge is 0.870 e. The Balaban J connectivity index is 0. The third-order valence-corrected chi connectivity index (χ3v) is 3.04. The van der Waals surface area contributed by atoms with Gasteiger partial charge >= 0.3 is 29.1 Å². The van der Waals surface area contributed by atoms with E-state index in [1.165, 1.54) is 36.4 Å². The molecule has 106 valence electrons. The molecule has 0 saturated carbocycles. The molecule has 0 spiro atoms. The molecule has 0 amide bonds. The van der Waals surface area contributed by atoms with Crippen LogP contribution >= 0.6 is 0 Å². The van der Waals surface area contributed by atoms with Gasteiger partial charge in [-0.3, -0.25) is 0 Å². The molecule has 2 aromatic carbocycles. The van der Waals surface area contributed by atoms with Crippen LogP contribution in [0, 0.1) is 6.07 Å². The molecular weight excluding hydrogens is 485 g/mol. The first kappa shape index (κ1) is 19.6. The molecule has 7 nitrogen and oxygen atoms in total. The predicted octanol–water partition coefficient (Wildman–Crippen LogP) is 2.45. The third-order valence-electron chi connectivity index (χ3n) is 2.19. The summed E-state index contributed by atoms with van der Waals surface area (Å²) in [5, 5.41) is 16.8. The first-order valence-electron chi connectivity index (χ1n) is 5.13. The van der Waals surface area contributed by atoms with Crippen LogP contribution in [-0.2, 0) is 37.8 Å². The molecule has 0 bridgehead atoms. The fourth-order valence-corrected chi connectivity index (χ4v) is 1.73. The Morgan fingerprint density at radius 2 is 1.57 bits per heavy atom. The van der Waals surface area contributed by atoms with Gasteiger partial charge in [0.15, 0.2) is 0 Å². The molecule has 0 aliphatic carbocycles. The number of hydrogen-bond donors (Lipinski definition) is 1. The molecule has 0 fully saturated rings. The van der Waals surface area contributed by atoms with E-state index in [9.17, 15) is 13.0 Å². The van der Waals surface area contributed by atoms with Gasteiger partial charge in [0.2, 0.25) is 0 Å². The minimum Gasteiger partial charge on any atom is -0.870 e. The van der Waals surface area contributed by atoms with Crippen LogP contribution < -0.4 is 0 Å². The Hall–Kier alpha value is -1.35. The van der Waals surface area contributed by atoms with Crippen molar-refractivity contribution < 1.29 is 52.6 Å². The summed E-state index contributed by atoms with van der Waals surface area (Å²) >= 11 is 0. The topological polar surface area (TPSA) is 132 Å². The molecule has 0 radical (unpaired) electrons. The molecule has 0 aromatic heterocycles. The second-order valence-corrected chi connectivity index (χ2v) is 4.96. The minimum absolute atomic E-state index is 0. The van der Waals surface area contributed by atoms with Crippen molar-refractivity contribution in [2.75, 3.05) is 0 Å². The molecule has 2 rings (SSSR count). The number of rotatable bonds is 3. The molecule has 0 unspecified atom stereocenters. The number of azo groups is 1. The molecule has 21 heavy (non-hydrogen) atoms. The van der Waals surface area contributed by atoms with E-state index in [0.717, 1.165) is 0 Å². The van der Waals surface area contributed by atoms with Gasteiger partial charge in [-0.25, -0.2) is 13.5 Å². The maximum Gasteiger partial charge on any atom is 2.00 e. The van der Waals surface area contributed by atoms with Gasteiger partial charge in [-0.2, -0.15) is 5.11 Å². The second-order valence-electron chi connectivity index (χ2n) is 3.58. The van der Waals surface area contributed by atoms with Gasteiger partial charge in [-0.05, 0) is 30.0 Å². The number of hydrogen-bond acceptors (Lipinski definition) is 7. The van der Waals surface area contributed by atoms with Gasteiger partial charge in [0.05, 0.1) is 10.6 Å². The van der Waals surface area contributed by atoms with E-state index in [0.29, 0.717) is 11.4 Å². The number of phenols is 1. The van der Waals surface area contributed by atoms with Crippen molar-refractivity contribution in [3.05, 3.63) is 48.5 Å². The van der Waals surface area contributed by atoms with E-state index >= 15 is 0 Å². The normalized spacial score (nSPS) is 10.7. The van der Waals surface area contributed by atoms with E-state index in [-0.39, 0.29) is 45.2 Å². The standard InChI is InChI=1S/C12H9N2O4S.Hg.H2O/c15-11-5-1-9(2-6-11)13-14-10-3-7-12(8-4-10)19(16,17)18;;/h1-5,7-8,15H,(H,16,17,18);;1H2/q-1;+2;/p-1. The van der Waals surface area contributed by atoms with Crippen LogP contribution in [0.4, 0.5) is 11.4 Å². The maximum absolute atomic E-state index is 10.7. The van der Waals surface area contributed by atoms with Crippen LogP contribution in [0.3, 0.4) is 0 Å². The van der Waals surface area contributed by atoms with Crippen molar-refractivity contribution in [3.8, 4) is 5.75 Å². The van der Waals surface area contributed by atoms with Gasteiger partial charge in [0.25, 0.3) is 0 Å². The average Bonchev–Trinajstić information content (AvgIpc) is 2.37. The number of phenolic OH excluding ortho intramolecular Hbond substituents is 1. The summed E-state index contributed by atoms with van der Waals surface area (Å²) in [5.41, 5.74) is 0.888. The third kappa shape index (κ3) is 5.88. The maximum atomic E-state index is 10.7. The average molecular weight is 495 g/mol. The van der Waals surface area contributed by atoms with Gasteiger partial charge < -0.3 is 15.1 Å². The summed E-state index contributed by atoms with van der Waals surface area (Å²) in [6.07, 6.45) is 0. The van der Waals surface area contributed by atoms with E-state index in [2.05, 4.69) is 16.3 Å². The molecule has 0 heterocycles. The zero-order chi connectivity index (χ0) is 13.9. The van der Waals surface area contributed by atoms with E-state index in [1.54, 1.807) is 6.07 Å². The van der Waals surface area contributed by atoms with Crippen LogP contribution in [0.1, 0.15) is 1.43 Å². The van der Waals surface area contributed by atoms with Gasteiger partial charge in [0, 0.05) is 5.75 Å². The molecule has 0 aliphatic heterocycles. The van der Waals surface area contributed by atoms with Crippen molar-refractivity contribution in [2.24, 2.45) is 10.2 Å². The minimum atomic E-state index is -4.45. The van der Waals surface area contributed by atoms with Crippen molar-refractivity contribution >= 4 is 21.5 Å². The first-order chi connectivity index (χ1) is 8.95. The van der Waals surface area contributed by atoms with E-state index in [4.69, 9.17) is 5.11 Å². The summed E-state index contributed by atoms with van der Waals surface area (Å²) < 4.78 is 32.2. The number of nitrogens with zero attached hydrogens (tertiary/aromatic N) is 2. The van der Waals surface area contributed by atoms with Crippen molar-refractivity contribution in [1.29, 1.82) is 0 Å². The molecule has 0 aliphatic rings. The van der Waals surface area contributed by atoms with Crippen LogP contribution in [-0.4, -0.2) is 23.6 Å². The molecule has 2 aromatic rings. The van der Waals surface area contributed by atoms with Crippen molar-refractivity contribution in [3.63, 3.8) is 0 Å². The largest absolute Gasteiger partial charge is 2.00 e. The van der Waals surface area contributed by atoms with Crippen LogP contribution in [0.25, 0.3) is 0 Å². The predicted molar refractivity (Wildman–Crippen MR) is 68.6 cm³/mol. The summed E-state index contributed by atoms with van der Waals surface area (Å²) in [6.45, 7) is 0. The van der Waals surface area contributed by atoms with E-state index < -0.39 is 10.1 Å². The quantitative estimate of drug-likeness (QED) is 0.303. The number of benzene rings is 2. The molecule has 0 atom stereocenters. The first-order valence-corrected chi connectivity index (χ1v) is 6.54. The fraction of sp³-hybridized carbons (Fsp3) is 0. The number of aromatic hydroxyl groups is 1. The summed E-state index contributed by atoms with van der Waals surface area (Å²) in [6, 6.07) is 12.0. The Labute approximate surface area is 143 Å². The zero-order valence-corrected chi connectivity index (χ0v) is 17.0. The Morgan fingerprint density at radius 1 is 1.05 bits per heavy atom. The molecule has 0 saturated heterocycles. The Kier molecular flexibility index (Phi) is 7.65. The fourth-order valence-electron chi connectivity index (χ4n) is 1.27. The van der Waals surface area contributed by atoms with Gasteiger partial charge in [-0.1, -0.05) is 0 Å². The molecule has 9 heteroatoms. The van der Waals surface area contributed by atoms with E-state index in [1.807, 2.05) is 0 Å². The van der Waals surface area contributed by atoms with Crippen LogP contribution in [0.2, 0.25) is 0 Å². The van der Waals surface area contributed by atoms with Crippen molar-refractivity contribution in [1.82, 2.24) is 0 Å². The Bertz CT molecular complexity index is 705. The summed E-state index contributed by atoms with van der Waals surface area (Å²) in [4.78, 5) is -0.315. The molecular formula is C12H10HgN2O5S.